The molecular formula is C9H5F3N2O. The van der Waals surface area contributed by atoms with Gasteiger partial charge < -0.3 is 5.32 Å². The molecule has 1 aromatic carbocycles. The monoisotopic (exact) mass is 214 g/mol. The van der Waals surface area contributed by atoms with Crippen LogP contribution in [-0.2, 0) is 0 Å². The van der Waals surface area contributed by atoms with E-state index < -0.39 is 28.9 Å². The fraction of sp³-hybridized carbons (Fsp3) is 0.111. The molecule has 1 amide bonds. The lowest BCUT2D eigenvalue weighted by atomic mass is 10.2. The smallest absolute Gasteiger partial charge is 0.255 e. The molecule has 0 spiro atoms. The molecule has 15 heavy (non-hydrogen) atoms. The quantitative estimate of drug-likeness (QED) is 0.596. The van der Waals surface area contributed by atoms with Gasteiger partial charge in [-0.15, -0.1) is 0 Å². The summed E-state index contributed by atoms with van der Waals surface area (Å²) in [6, 6.07) is 3.04. The van der Waals surface area contributed by atoms with Gasteiger partial charge in [-0.2, -0.15) is 5.26 Å². The zero-order chi connectivity index (χ0) is 11.4. The van der Waals surface area contributed by atoms with Crippen LogP contribution < -0.4 is 5.32 Å². The van der Waals surface area contributed by atoms with E-state index in [1.165, 1.54) is 0 Å². The fourth-order valence-corrected chi connectivity index (χ4v) is 0.916. The SMILES string of the molecule is N#CCNC(=O)c1ccc(F)c(F)c1F. The summed E-state index contributed by atoms with van der Waals surface area (Å²) in [7, 11) is 0. The molecule has 0 heterocycles. The number of amides is 1. The Kier molecular flexibility index (Phi) is 3.29. The summed E-state index contributed by atoms with van der Waals surface area (Å²) in [5.41, 5.74) is -0.635. The molecule has 78 valence electrons. The van der Waals surface area contributed by atoms with Crippen LogP contribution >= 0.6 is 0 Å². The van der Waals surface area contributed by atoms with E-state index in [0.717, 1.165) is 6.07 Å². The highest BCUT2D eigenvalue weighted by atomic mass is 19.2. The third-order valence-corrected chi connectivity index (χ3v) is 1.61. The first-order valence-corrected chi connectivity index (χ1v) is 3.86. The largest absolute Gasteiger partial charge is 0.339 e. The van der Waals surface area contributed by atoms with Gasteiger partial charge in [-0.3, -0.25) is 4.79 Å². The summed E-state index contributed by atoms with van der Waals surface area (Å²) in [6.07, 6.45) is 0. The van der Waals surface area contributed by atoms with Crippen LogP contribution in [0.15, 0.2) is 12.1 Å². The van der Waals surface area contributed by atoms with Crippen LogP contribution in [0.5, 0.6) is 0 Å². The van der Waals surface area contributed by atoms with Crippen molar-refractivity contribution < 1.29 is 18.0 Å². The van der Waals surface area contributed by atoms with Gasteiger partial charge >= 0.3 is 0 Å². The van der Waals surface area contributed by atoms with Crippen molar-refractivity contribution in [1.82, 2.24) is 5.32 Å². The summed E-state index contributed by atoms with van der Waals surface area (Å²) in [5, 5.41) is 10.1. The highest BCUT2D eigenvalue weighted by molar-refractivity contribution is 5.94. The van der Waals surface area contributed by atoms with Crippen molar-refractivity contribution in [3.8, 4) is 6.07 Å². The molecule has 0 aromatic heterocycles. The predicted octanol–water partition coefficient (Wildman–Crippen LogP) is 1.36. The van der Waals surface area contributed by atoms with Gasteiger partial charge in [0.2, 0.25) is 0 Å². The summed E-state index contributed by atoms with van der Waals surface area (Å²) in [6.45, 7) is -0.336. The maximum atomic E-state index is 13.0. The molecule has 0 aliphatic heterocycles. The molecule has 0 unspecified atom stereocenters. The second-order valence-corrected chi connectivity index (χ2v) is 2.56. The maximum Gasteiger partial charge on any atom is 0.255 e. The van der Waals surface area contributed by atoms with Gasteiger partial charge in [0.1, 0.15) is 6.54 Å². The van der Waals surface area contributed by atoms with Crippen LogP contribution in [0.2, 0.25) is 0 Å². The Morgan fingerprint density at radius 1 is 1.33 bits per heavy atom. The Morgan fingerprint density at radius 2 is 2.00 bits per heavy atom. The van der Waals surface area contributed by atoms with E-state index in [1.54, 1.807) is 6.07 Å². The lowest BCUT2D eigenvalue weighted by Gasteiger charge is -2.03. The molecule has 1 rings (SSSR count). The zero-order valence-corrected chi connectivity index (χ0v) is 7.35. The number of nitrogens with one attached hydrogen (secondary N) is 1. The molecule has 0 saturated carbocycles. The van der Waals surface area contributed by atoms with E-state index in [9.17, 15) is 18.0 Å². The van der Waals surface area contributed by atoms with E-state index in [0.29, 0.717) is 6.07 Å². The van der Waals surface area contributed by atoms with Crippen LogP contribution in [0.1, 0.15) is 10.4 Å². The number of carbonyl (C=O) groups excluding carboxylic acids is 1. The minimum absolute atomic E-state index is 0.336. The second-order valence-electron chi connectivity index (χ2n) is 2.56. The Hall–Kier alpha value is -2.03. The van der Waals surface area contributed by atoms with Crippen LogP contribution in [-0.4, -0.2) is 12.5 Å². The molecule has 0 radical (unpaired) electrons. The number of hydrogen-bond donors (Lipinski definition) is 1. The van der Waals surface area contributed by atoms with Crippen molar-refractivity contribution in [2.75, 3.05) is 6.54 Å². The number of carbonyl (C=O) groups is 1. The number of rotatable bonds is 2. The molecule has 0 aliphatic carbocycles. The summed E-state index contributed by atoms with van der Waals surface area (Å²) in [4.78, 5) is 11.1. The average Bonchev–Trinajstić information content (AvgIpc) is 2.23. The highest BCUT2D eigenvalue weighted by Crippen LogP contribution is 2.14. The van der Waals surface area contributed by atoms with E-state index in [-0.39, 0.29) is 6.54 Å². The van der Waals surface area contributed by atoms with Gasteiger partial charge in [-0.1, -0.05) is 0 Å². The van der Waals surface area contributed by atoms with Crippen molar-refractivity contribution in [1.29, 1.82) is 5.26 Å². The first-order chi connectivity index (χ1) is 7.07. The summed E-state index contributed by atoms with van der Waals surface area (Å²) >= 11 is 0. The number of nitriles is 1. The molecule has 0 saturated heterocycles. The topological polar surface area (TPSA) is 52.9 Å². The molecule has 0 aliphatic rings. The first-order valence-electron chi connectivity index (χ1n) is 3.86. The Labute approximate surface area is 83.1 Å². The Bertz CT molecular complexity index is 440. The number of benzene rings is 1. The van der Waals surface area contributed by atoms with E-state index in [4.69, 9.17) is 5.26 Å². The molecular weight excluding hydrogens is 209 g/mol. The third-order valence-electron chi connectivity index (χ3n) is 1.61. The van der Waals surface area contributed by atoms with Crippen LogP contribution in [0.3, 0.4) is 0 Å². The van der Waals surface area contributed by atoms with Gasteiger partial charge in [-0.25, -0.2) is 13.2 Å². The fourth-order valence-electron chi connectivity index (χ4n) is 0.916. The number of hydrogen-bond acceptors (Lipinski definition) is 2. The van der Waals surface area contributed by atoms with Crippen molar-refractivity contribution in [3.05, 3.63) is 35.1 Å². The maximum absolute atomic E-state index is 13.0. The highest BCUT2D eigenvalue weighted by Gasteiger charge is 2.18. The van der Waals surface area contributed by atoms with Gasteiger partial charge in [0.25, 0.3) is 5.91 Å². The van der Waals surface area contributed by atoms with Crippen molar-refractivity contribution >= 4 is 5.91 Å². The van der Waals surface area contributed by atoms with Gasteiger partial charge in [-0.05, 0) is 12.1 Å². The van der Waals surface area contributed by atoms with E-state index >= 15 is 0 Å². The van der Waals surface area contributed by atoms with Gasteiger partial charge in [0.05, 0.1) is 11.6 Å². The minimum atomic E-state index is -1.71. The molecule has 0 bridgehead atoms. The number of halogens is 3. The molecule has 1 N–H and O–H groups in total. The zero-order valence-electron chi connectivity index (χ0n) is 7.35. The van der Waals surface area contributed by atoms with Crippen molar-refractivity contribution in [3.63, 3.8) is 0 Å². The summed E-state index contributed by atoms with van der Waals surface area (Å²) < 4.78 is 38.1. The molecule has 1 aromatic rings. The van der Waals surface area contributed by atoms with Crippen molar-refractivity contribution in [2.24, 2.45) is 0 Å². The van der Waals surface area contributed by atoms with E-state index in [1.807, 2.05) is 5.32 Å². The average molecular weight is 214 g/mol. The standard InChI is InChI=1S/C9H5F3N2O/c10-6-2-1-5(7(11)8(6)12)9(15)14-4-3-13/h1-2H,4H2,(H,14,15). The lowest BCUT2D eigenvalue weighted by molar-refractivity contribution is 0.0953. The minimum Gasteiger partial charge on any atom is -0.339 e. The molecule has 0 atom stereocenters. The Morgan fingerprint density at radius 3 is 2.60 bits per heavy atom. The number of nitrogens with zero attached hydrogens (tertiary/aromatic N) is 1. The third kappa shape index (κ3) is 2.26. The summed E-state index contributed by atoms with van der Waals surface area (Å²) in [5.74, 6) is -5.61. The molecule has 0 fully saturated rings. The van der Waals surface area contributed by atoms with Crippen LogP contribution in [0.25, 0.3) is 0 Å². The lowest BCUT2D eigenvalue weighted by Crippen LogP contribution is -2.25. The second kappa shape index (κ2) is 4.46. The first kappa shape index (κ1) is 11.0. The van der Waals surface area contributed by atoms with Crippen LogP contribution in [0, 0.1) is 28.8 Å². The van der Waals surface area contributed by atoms with Gasteiger partial charge in [0, 0.05) is 0 Å². The normalized spacial score (nSPS) is 9.47. The van der Waals surface area contributed by atoms with E-state index in [2.05, 4.69) is 0 Å². The van der Waals surface area contributed by atoms with Crippen molar-refractivity contribution in [2.45, 2.75) is 0 Å². The van der Waals surface area contributed by atoms with Crippen LogP contribution in [0.4, 0.5) is 13.2 Å². The molecule has 6 heteroatoms. The Balaban J connectivity index is 3.01. The molecule has 3 nitrogen and oxygen atoms in total. The van der Waals surface area contributed by atoms with Gasteiger partial charge in [0.15, 0.2) is 17.5 Å². The predicted molar refractivity (Wildman–Crippen MR) is 44.3 cm³/mol.